The van der Waals surface area contributed by atoms with Crippen LogP contribution in [0.3, 0.4) is 0 Å². The maximum atomic E-state index is 12.7. The minimum Gasteiger partial charge on any atom is -0.361 e. The van der Waals surface area contributed by atoms with E-state index in [1.807, 2.05) is 43.0 Å². The van der Waals surface area contributed by atoms with Crippen LogP contribution in [0.5, 0.6) is 0 Å². The van der Waals surface area contributed by atoms with E-state index in [1.165, 1.54) is 0 Å². The number of halogens is 1. The van der Waals surface area contributed by atoms with Gasteiger partial charge in [0.25, 0.3) is 0 Å². The number of benzene rings is 1. The highest BCUT2D eigenvalue weighted by Crippen LogP contribution is 2.36. The van der Waals surface area contributed by atoms with Gasteiger partial charge in [0.05, 0.1) is 17.5 Å². The monoisotopic (exact) mass is 364 g/mol. The highest BCUT2D eigenvalue weighted by molar-refractivity contribution is 7.99. The topological polar surface area (TPSA) is 46.3 Å². The lowest BCUT2D eigenvalue weighted by Crippen LogP contribution is -2.32. The molecule has 1 aliphatic heterocycles. The Kier molecular flexibility index (Phi) is 5.51. The number of likely N-dealkylation sites (tertiary alicyclic amines) is 1. The summed E-state index contributed by atoms with van der Waals surface area (Å²) in [6, 6.07) is 7.87. The summed E-state index contributed by atoms with van der Waals surface area (Å²) in [6.07, 6.45) is 2.00. The van der Waals surface area contributed by atoms with Crippen LogP contribution >= 0.6 is 23.4 Å². The second kappa shape index (κ2) is 7.62. The van der Waals surface area contributed by atoms with Crippen LogP contribution in [-0.2, 0) is 10.5 Å². The van der Waals surface area contributed by atoms with Gasteiger partial charge in [-0.1, -0.05) is 35.0 Å². The van der Waals surface area contributed by atoms with Gasteiger partial charge >= 0.3 is 0 Å². The molecule has 0 bridgehead atoms. The molecule has 1 atom stereocenters. The van der Waals surface area contributed by atoms with Gasteiger partial charge in [0, 0.05) is 22.9 Å². The zero-order valence-corrected chi connectivity index (χ0v) is 15.5. The molecule has 6 heteroatoms. The fourth-order valence-corrected chi connectivity index (χ4v) is 4.47. The number of thioether (sulfide) groups is 1. The summed E-state index contributed by atoms with van der Waals surface area (Å²) < 4.78 is 5.28. The van der Waals surface area contributed by atoms with Crippen LogP contribution in [0.1, 0.15) is 41.5 Å². The van der Waals surface area contributed by atoms with E-state index in [9.17, 15) is 4.79 Å². The van der Waals surface area contributed by atoms with Crippen molar-refractivity contribution >= 4 is 29.3 Å². The van der Waals surface area contributed by atoms with Crippen LogP contribution in [-0.4, -0.2) is 28.3 Å². The quantitative estimate of drug-likeness (QED) is 0.781. The predicted molar refractivity (Wildman–Crippen MR) is 97.3 cm³/mol. The normalized spacial score (nSPS) is 17.5. The van der Waals surface area contributed by atoms with Gasteiger partial charge in [0.2, 0.25) is 5.91 Å². The first-order valence-corrected chi connectivity index (χ1v) is 9.64. The molecule has 0 spiro atoms. The van der Waals surface area contributed by atoms with Gasteiger partial charge < -0.3 is 9.42 Å². The van der Waals surface area contributed by atoms with E-state index >= 15 is 0 Å². The first kappa shape index (κ1) is 17.4. The molecule has 2 aromatic rings. The van der Waals surface area contributed by atoms with Crippen molar-refractivity contribution in [1.82, 2.24) is 10.1 Å². The van der Waals surface area contributed by atoms with Gasteiger partial charge in [-0.2, -0.15) is 0 Å². The average molecular weight is 365 g/mol. The number of hydrogen-bond donors (Lipinski definition) is 0. The largest absolute Gasteiger partial charge is 0.361 e. The first-order chi connectivity index (χ1) is 11.6. The third-order valence-corrected chi connectivity index (χ3v) is 5.77. The zero-order chi connectivity index (χ0) is 17.1. The van der Waals surface area contributed by atoms with E-state index in [4.69, 9.17) is 16.1 Å². The zero-order valence-electron chi connectivity index (χ0n) is 13.9. The predicted octanol–water partition coefficient (Wildman–Crippen LogP) is 4.54. The average Bonchev–Trinajstić information content (AvgIpc) is 3.15. The minimum atomic E-state index is 0.102. The van der Waals surface area contributed by atoms with Crippen molar-refractivity contribution < 1.29 is 9.32 Å². The van der Waals surface area contributed by atoms with Crippen LogP contribution < -0.4 is 0 Å². The Morgan fingerprint density at radius 1 is 1.42 bits per heavy atom. The van der Waals surface area contributed by atoms with Crippen LogP contribution in [0.4, 0.5) is 0 Å². The summed E-state index contributed by atoms with van der Waals surface area (Å²) in [5, 5.41) is 4.79. The molecule has 0 N–H and O–H groups in total. The second-order valence-corrected chi connectivity index (χ2v) is 7.46. The van der Waals surface area contributed by atoms with Crippen LogP contribution in [0.2, 0.25) is 5.02 Å². The Bertz CT molecular complexity index is 712. The van der Waals surface area contributed by atoms with Gasteiger partial charge in [-0.05, 0) is 38.3 Å². The molecule has 0 radical (unpaired) electrons. The number of hydrogen-bond acceptors (Lipinski definition) is 4. The molecule has 4 nitrogen and oxygen atoms in total. The van der Waals surface area contributed by atoms with E-state index in [2.05, 4.69) is 5.16 Å². The molecule has 3 rings (SSSR count). The highest BCUT2D eigenvalue weighted by Gasteiger charge is 2.33. The Labute approximate surface area is 151 Å². The summed E-state index contributed by atoms with van der Waals surface area (Å²) in [7, 11) is 0. The molecule has 128 valence electrons. The van der Waals surface area contributed by atoms with Crippen molar-refractivity contribution in [3.63, 3.8) is 0 Å². The van der Waals surface area contributed by atoms with Crippen LogP contribution in [0.15, 0.2) is 28.8 Å². The lowest BCUT2D eigenvalue weighted by molar-refractivity contribution is -0.129. The van der Waals surface area contributed by atoms with Crippen LogP contribution in [0, 0.1) is 13.8 Å². The molecule has 1 aromatic carbocycles. The Hall–Kier alpha value is -1.46. The molecule has 1 fully saturated rings. The first-order valence-electron chi connectivity index (χ1n) is 8.11. The van der Waals surface area contributed by atoms with E-state index in [-0.39, 0.29) is 11.9 Å². The molecular formula is C18H21ClN2O2S. The molecule has 1 amide bonds. The molecular weight excluding hydrogens is 344 g/mol. The fraction of sp³-hybridized carbons (Fsp3) is 0.444. The Morgan fingerprint density at radius 3 is 2.92 bits per heavy atom. The van der Waals surface area contributed by atoms with E-state index < -0.39 is 0 Å². The molecule has 2 heterocycles. The standard InChI is InChI=1S/C18H21ClN2O2S/c1-12-18(13(2)23-20-12)16-8-5-9-21(16)17(22)11-24-10-14-6-3-4-7-15(14)19/h3-4,6-7,16H,5,8-11H2,1-2H3/t16-/m1/s1. The molecule has 1 aliphatic rings. The smallest absolute Gasteiger partial charge is 0.233 e. The summed E-state index contributed by atoms with van der Waals surface area (Å²) in [5.41, 5.74) is 3.04. The van der Waals surface area contributed by atoms with Crippen molar-refractivity contribution in [1.29, 1.82) is 0 Å². The van der Waals surface area contributed by atoms with Crippen LogP contribution in [0.25, 0.3) is 0 Å². The van der Waals surface area contributed by atoms with E-state index in [0.29, 0.717) is 5.75 Å². The van der Waals surface area contributed by atoms with Crippen molar-refractivity contribution in [2.45, 2.75) is 38.5 Å². The van der Waals surface area contributed by atoms with Crippen molar-refractivity contribution in [3.8, 4) is 0 Å². The molecule has 0 unspecified atom stereocenters. The third-order valence-electron chi connectivity index (χ3n) is 4.44. The minimum absolute atomic E-state index is 0.102. The summed E-state index contributed by atoms with van der Waals surface area (Å²) >= 11 is 7.77. The number of carbonyl (C=O) groups is 1. The molecule has 0 saturated carbocycles. The molecule has 24 heavy (non-hydrogen) atoms. The van der Waals surface area contributed by atoms with Crippen molar-refractivity contribution in [2.24, 2.45) is 0 Å². The maximum absolute atomic E-state index is 12.7. The highest BCUT2D eigenvalue weighted by atomic mass is 35.5. The lowest BCUT2D eigenvalue weighted by Gasteiger charge is -2.24. The number of nitrogens with zero attached hydrogens (tertiary/aromatic N) is 2. The number of aryl methyl sites for hydroxylation is 2. The molecule has 1 saturated heterocycles. The third kappa shape index (κ3) is 3.62. The lowest BCUT2D eigenvalue weighted by atomic mass is 10.0. The number of amides is 1. The SMILES string of the molecule is Cc1noc(C)c1[C@H]1CCCN1C(=O)CSCc1ccccc1Cl. The maximum Gasteiger partial charge on any atom is 0.233 e. The second-order valence-electron chi connectivity index (χ2n) is 6.07. The van der Waals surface area contributed by atoms with Gasteiger partial charge in [-0.25, -0.2) is 0 Å². The summed E-state index contributed by atoms with van der Waals surface area (Å²) in [6.45, 7) is 4.67. The number of rotatable bonds is 5. The van der Waals surface area contributed by atoms with Gasteiger partial charge in [-0.3, -0.25) is 4.79 Å². The molecule has 0 aliphatic carbocycles. The summed E-state index contributed by atoms with van der Waals surface area (Å²) in [4.78, 5) is 14.6. The van der Waals surface area contributed by atoms with Gasteiger partial charge in [0.1, 0.15) is 5.76 Å². The van der Waals surface area contributed by atoms with Crippen molar-refractivity contribution in [2.75, 3.05) is 12.3 Å². The fourth-order valence-electron chi connectivity index (χ4n) is 3.28. The number of aromatic nitrogens is 1. The Balaban J connectivity index is 1.61. The van der Waals surface area contributed by atoms with Gasteiger partial charge in [0.15, 0.2) is 0 Å². The van der Waals surface area contributed by atoms with E-state index in [0.717, 1.165) is 52.7 Å². The van der Waals surface area contributed by atoms with Crippen molar-refractivity contribution in [3.05, 3.63) is 51.9 Å². The van der Waals surface area contributed by atoms with E-state index in [1.54, 1.807) is 11.8 Å². The molecule has 1 aromatic heterocycles. The Morgan fingerprint density at radius 2 is 2.21 bits per heavy atom. The summed E-state index contributed by atoms with van der Waals surface area (Å²) in [5.74, 6) is 2.20. The number of carbonyl (C=O) groups excluding carboxylic acids is 1. The van der Waals surface area contributed by atoms with Gasteiger partial charge in [-0.15, -0.1) is 11.8 Å².